The van der Waals surface area contributed by atoms with Crippen molar-refractivity contribution in [3.63, 3.8) is 0 Å². The molecule has 1 amide bonds. The Bertz CT molecular complexity index is 1390. The average molecular weight is 428 g/mol. The van der Waals surface area contributed by atoms with E-state index >= 15 is 0 Å². The van der Waals surface area contributed by atoms with Gasteiger partial charge in [-0.1, -0.05) is 30.3 Å². The van der Waals surface area contributed by atoms with Crippen molar-refractivity contribution in [1.29, 1.82) is 0 Å². The number of carbonyl (C=O) groups excluding carboxylic acids is 1. The lowest BCUT2D eigenvalue weighted by atomic mass is 9.83. The van der Waals surface area contributed by atoms with Crippen molar-refractivity contribution in [1.82, 2.24) is 14.3 Å². The van der Waals surface area contributed by atoms with Gasteiger partial charge in [0.2, 0.25) is 11.5 Å². The number of aromatic nitrogens is 3. The SMILES string of the molecule is Cn1cc(-n2ncc3cc(N4C(=O)C(C)(C)C(N)C4c4ccccc4)ccc32)ccc1=O. The highest BCUT2D eigenvalue weighted by Gasteiger charge is 2.53. The number of anilines is 1. The predicted molar refractivity (Wildman–Crippen MR) is 125 cm³/mol. The molecule has 5 rings (SSSR count). The maximum Gasteiger partial charge on any atom is 0.250 e. The first-order valence-corrected chi connectivity index (χ1v) is 10.6. The number of aryl methyl sites for hydroxylation is 1. The molecule has 0 radical (unpaired) electrons. The van der Waals surface area contributed by atoms with Crippen molar-refractivity contribution in [2.75, 3.05) is 4.90 Å². The Hall–Kier alpha value is -3.71. The summed E-state index contributed by atoms with van der Waals surface area (Å²) in [6.45, 7) is 3.82. The van der Waals surface area contributed by atoms with Crippen LogP contribution >= 0.6 is 0 Å². The first kappa shape index (κ1) is 20.2. The van der Waals surface area contributed by atoms with Crippen molar-refractivity contribution < 1.29 is 4.79 Å². The van der Waals surface area contributed by atoms with Crippen LogP contribution in [-0.2, 0) is 11.8 Å². The summed E-state index contributed by atoms with van der Waals surface area (Å²) >= 11 is 0. The van der Waals surface area contributed by atoms with Gasteiger partial charge in [0, 0.05) is 36.4 Å². The molecule has 1 aliphatic heterocycles. The van der Waals surface area contributed by atoms with Crippen molar-refractivity contribution in [3.8, 4) is 5.69 Å². The Balaban J connectivity index is 1.61. The molecule has 2 unspecified atom stereocenters. The van der Waals surface area contributed by atoms with E-state index in [1.54, 1.807) is 30.2 Å². The van der Waals surface area contributed by atoms with Gasteiger partial charge in [0.25, 0.3) is 0 Å². The van der Waals surface area contributed by atoms with Crippen LogP contribution in [0.25, 0.3) is 16.6 Å². The van der Waals surface area contributed by atoms with Gasteiger partial charge in [-0.15, -0.1) is 0 Å². The summed E-state index contributed by atoms with van der Waals surface area (Å²) in [5, 5.41) is 5.41. The van der Waals surface area contributed by atoms with Crippen molar-refractivity contribution in [2.24, 2.45) is 18.2 Å². The maximum absolute atomic E-state index is 13.4. The van der Waals surface area contributed by atoms with Crippen LogP contribution in [0.4, 0.5) is 5.69 Å². The van der Waals surface area contributed by atoms with Gasteiger partial charge in [0.1, 0.15) is 0 Å². The summed E-state index contributed by atoms with van der Waals surface area (Å²) in [6.07, 6.45) is 3.52. The fourth-order valence-electron chi connectivity index (χ4n) is 4.50. The molecule has 3 heterocycles. The van der Waals surface area contributed by atoms with E-state index in [-0.39, 0.29) is 23.6 Å². The summed E-state index contributed by atoms with van der Waals surface area (Å²) in [4.78, 5) is 27.0. The molecule has 2 aromatic carbocycles. The third kappa shape index (κ3) is 2.97. The molecule has 0 saturated carbocycles. The fraction of sp³-hybridized carbons (Fsp3) is 0.240. The number of carbonyl (C=O) groups is 1. The molecule has 162 valence electrons. The lowest BCUT2D eigenvalue weighted by Crippen LogP contribution is -2.38. The lowest BCUT2D eigenvalue weighted by Gasteiger charge is -2.27. The summed E-state index contributed by atoms with van der Waals surface area (Å²) < 4.78 is 3.31. The Kier molecular flexibility index (Phi) is 4.53. The highest BCUT2D eigenvalue weighted by atomic mass is 16.2. The first-order valence-electron chi connectivity index (χ1n) is 10.6. The van der Waals surface area contributed by atoms with Crippen molar-refractivity contribution >= 4 is 22.5 Å². The number of hydrogen-bond acceptors (Lipinski definition) is 4. The van der Waals surface area contributed by atoms with Crippen LogP contribution < -0.4 is 16.2 Å². The molecule has 0 spiro atoms. The Morgan fingerprint density at radius 2 is 1.69 bits per heavy atom. The molecule has 1 fully saturated rings. The third-order valence-electron chi connectivity index (χ3n) is 6.51. The second-order valence-electron chi connectivity index (χ2n) is 8.91. The highest BCUT2D eigenvalue weighted by Crippen LogP contribution is 2.45. The van der Waals surface area contributed by atoms with Crippen LogP contribution in [0.5, 0.6) is 0 Å². The number of amides is 1. The number of fused-ring (bicyclic) bond motifs is 1. The van der Waals surface area contributed by atoms with E-state index in [9.17, 15) is 9.59 Å². The molecular formula is C25H25N5O2. The van der Waals surface area contributed by atoms with Gasteiger partial charge in [0.15, 0.2) is 0 Å². The molecule has 2 atom stereocenters. The normalized spacial score (nSPS) is 20.2. The molecule has 4 aromatic rings. The monoisotopic (exact) mass is 427 g/mol. The zero-order valence-corrected chi connectivity index (χ0v) is 18.3. The molecule has 1 aliphatic rings. The number of benzene rings is 2. The molecule has 7 nitrogen and oxygen atoms in total. The zero-order valence-electron chi connectivity index (χ0n) is 18.3. The standard InChI is InChI=1S/C25H25N5O2/c1-25(2)23(26)22(16-7-5-4-6-8-16)29(24(25)32)18-9-11-20-17(13-18)14-27-30(20)19-10-12-21(31)28(3)15-19/h4-15,22-23H,26H2,1-3H3. The molecule has 32 heavy (non-hydrogen) atoms. The highest BCUT2D eigenvalue weighted by molar-refractivity contribution is 6.03. The van der Waals surface area contributed by atoms with E-state index in [1.165, 1.54) is 10.6 Å². The minimum atomic E-state index is -0.686. The van der Waals surface area contributed by atoms with Gasteiger partial charge < -0.3 is 15.2 Å². The van der Waals surface area contributed by atoms with Gasteiger partial charge in [-0.2, -0.15) is 5.10 Å². The minimum Gasteiger partial charge on any atom is -0.325 e. The Morgan fingerprint density at radius 3 is 2.41 bits per heavy atom. The Morgan fingerprint density at radius 1 is 0.969 bits per heavy atom. The molecule has 1 saturated heterocycles. The lowest BCUT2D eigenvalue weighted by molar-refractivity contribution is -0.124. The average Bonchev–Trinajstić information content (AvgIpc) is 3.28. The molecule has 2 N–H and O–H groups in total. The van der Waals surface area contributed by atoms with E-state index in [0.717, 1.165) is 27.8 Å². The largest absolute Gasteiger partial charge is 0.325 e. The van der Waals surface area contributed by atoms with Crippen LogP contribution in [0.15, 0.2) is 77.9 Å². The summed E-state index contributed by atoms with van der Waals surface area (Å²) in [7, 11) is 1.71. The third-order valence-corrected chi connectivity index (χ3v) is 6.51. The van der Waals surface area contributed by atoms with Crippen molar-refractivity contribution in [3.05, 3.63) is 89.0 Å². The number of nitrogens with two attached hydrogens (primary N) is 1. The second kappa shape index (κ2) is 7.17. The predicted octanol–water partition coefficient (Wildman–Crippen LogP) is 3.17. The number of hydrogen-bond donors (Lipinski definition) is 1. The van der Waals surface area contributed by atoms with Gasteiger partial charge in [-0.25, -0.2) is 4.68 Å². The first-order chi connectivity index (χ1) is 15.3. The smallest absolute Gasteiger partial charge is 0.250 e. The van der Waals surface area contributed by atoms with Gasteiger partial charge in [0.05, 0.1) is 28.9 Å². The van der Waals surface area contributed by atoms with Crippen LogP contribution in [0, 0.1) is 5.41 Å². The van der Waals surface area contributed by atoms with Crippen LogP contribution in [0.1, 0.15) is 25.5 Å². The van der Waals surface area contributed by atoms with Gasteiger partial charge in [-0.3, -0.25) is 9.59 Å². The summed E-state index contributed by atoms with van der Waals surface area (Å²) in [6, 6.07) is 18.5. The minimum absolute atomic E-state index is 0.00338. The quantitative estimate of drug-likeness (QED) is 0.544. The van der Waals surface area contributed by atoms with E-state index in [2.05, 4.69) is 5.10 Å². The van der Waals surface area contributed by atoms with Gasteiger partial charge in [-0.05, 0) is 43.7 Å². The number of nitrogens with zero attached hydrogens (tertiary/aromatic N) is 4. The van der Waals surface area contributed by atoms with Crippen LogP contribution in [0.2, 0.25) is 0 Å². The van der Waals surface area contributed by atoms with Gasteiger partial charge >= 0.3 is 0 Å². The fourth-order valence-corrected chi connectivity index (χ4v) is 4.50. The van der Waals surface area contributed by atoms with Crippen LogP contribution in [-0.4, -0.2) is 26.3 Å². The zero-order chi connectivity index (χ0) is 22.6. The molecule has 2 aromatic heterocycles. The molecule has 0 aliphatic carbocycles. The second-order valence-corrected chi connectivity index (χ2v) is 8.91. The topological polar surface area (TPSA) is 86.2 Å². The summed E-state index contributed by atoms with van der Waals surface area (Å²) in [5.41, 5.74) is 9.34. The van der Waals surface area contributed by atoms with Crippen molar-refractivity contribution in [2.45, 2.75) is 25.9 Å². The Labute approximate surface area is 185 Å². The van der Waals surface area contributed by atoms with E-state index in [4.69, 9.17) is 5.73 Å². The van der Waals surface area contributed by atoms with E-state index < -0.39 is 5.41 Å². The molecule has 0 bridgehead atoms. The molecular weight excluding hydrogens is 402 g/mol. The maximum atomic E-state index is 13.4. The summed E-state index contributed by atoms with van der Waals surface area (Å²) in [5.74, 6) is 0.00338. The molecule has 7 heteroatoms. The number of rotatable bonds is 3. The van der Waals surface area contributed by atoms with E-state index in [1.807, 2.05) is 67.3 Å². The van der Waals surface area contributed by atoms with E-state index in [0.29, 0.717) is 0 Å². The number of pyridine rings is 1. The van der Waals surface area contributed by atoms with Crippen LogP contribution in [0.3, 0.4) is 0 Å².